The summed E-state index contributed by atoms with van der Waals surface area (Å²) >= 11 is 17.1. The Morgan fingerprint density at radius 3 is 2.38 bits per heavy atom. The van der Waals surface area contributed by atoms with Crippen molar-refractivity contribution in [1.29, 1.82) is 0 Å². The number of hydrogen-bond acceptors (Lipinski definition) is 4. The molecule has 0 aliphatic heterocycles. The molecular formula is C9H13Cl3N4. The van der Waals surface area contributed by atoms with Gasteiger partial charge in [0.25, 0.3) is 0 Å². The molecule has 90 valence electrons. The lowest BCUT2D eigenvalue weighted by Crippen LogP contribution is -2.13. The largest absolute Gasteiger partial charge is 0.368 e. The summed E-state index contributed by atoms with van der Waals surface area (Å²) in [6.07, 6.45) is 3.93. The van der Waals surface area contributed by atoms with Gasteiger partial charge in [-0.05, 0) is 6.42 Å². The highest BCUT2D eigenvalue weighted by Crippen LogP contribution is 2.35. The molecule has 0 radical (unpaired) electrons. The zero-order chi connectivity index (χ0) is 12.2. The summed E-state index contributed by atoms with van der Waals surface area (Å²) in [6.45, 7) is 2.12. The van der Waals surface area contributed by atoms with Crippen LogP contribution in [-0.2, 0) is 10.2 Å². The first-order valence-electron chi connectivity index (χ1n) is 5.01. The van der Waals surface area contributed by atoms with Crippen molar-refractivity contribution < 1.29 is 0 Å². The third kappa shape index (κ3) is 4.28. The zero-order valence-corrected chi connectivity index (χ0v) is 11.1. The maximum atomic E-state index is 5.69. The lowest BCUT2D eigenvalue weighted by Gasteiger charge is -2.10. The van der Waals surface area contributed by atoms with E-state index in [1.165, 1.54) is 0 Å². The second kappa shape index (κ2) is 5.84. The Hall–Kier alpha value is -0.320. The molecule has 1 rings (SSSR count). The van der Waals surface area contributed by atoms with Gasteiger partial charge in [-0.1, -0.05) is 54.6 Å². The van der Waals surface area contributed by atoms with Crippen LogP contribution in [0.5, 0.6) is 0 Å². The number of aryl methyl sites for hydroxylation is 1. The van der Waals surface area contributed by atoms with Crippen LogP contribution in [0, 0.1) is 0 Å². The lowest BCUT2D eigenvalue weighted by atomic mass is 10.2. The van der Waals surface area contributed by atoms with Crippen LogP contribution in [0.2, 0.25) is 0 Å². The Balaban J connectivity index is 2.82. The van der Waals surface area contributed by atoms with E-state index in [2.05, 4.69) is 21.9 Å². The standard InChI is InChI=1S/C9H13Cl3N4/c1-2-3-4-5-6-14-7(9(10,11)12)16-8(13)15-6/h2-5H2,1H3,(H2,13,14,15,16). The third-order valence-corrected chi connectivity index (χ3v) is 2.46. The van der Waals surface area contributed by atoms with Crippen LogP contribution in [-0.4, -0.2) is 15.0 Å². The molecule has 0 saturated heterocycles. The lowest BCUT2D eigenvalue weighted by molar-refractivity contribution is 0.685. The molecule has 7 heteroatoms. The highest BCUT2D eigenvalue weighted by atomic mass is 35.6. The number of anilines is 1. The van der Waals surface area contributed by atoms with Gasteiger partial charge in [0.15, 0.2) is 5.82 Å². The second-order valence-corrected chi connectivity index (χ2v) is 5.67. The van der Waals surface area contributed by atoms with E-state index in [0.29, 0.717) is 12.2 Å². The topological polar surface area (TPSA) is 64.7 Å². The second-order valence-electron chi connectivity index (χ2n) is 3.39. The van der Waals surface area contributed by atoms with E-state index in [4.69, 9.17) is 40.5 Å². The highest BCUT2D eigenvalue weighted by molar-refractivity contribution is 6.66. The van der Waals surface area contributed by atoms with Crippen molar-refractivity contribution in [3.63, 3.8) is 0 Å². The number of nitrogens with zero attached hydrogens (tertiary/aromatic N) is 3. The quantitative estimate of drug-likeness (QED) is 0.681. The van der Waals surface area contributed by atoms with Gasteiger partial charge in [0.1, 0.15) is 5.82 Å². The molecule has 1 heterocycles. The molecule has 0 unspecified atom stereocenters. The Morgan fingerprint density at radius 1 is 1.12 bits per heavy atom. The first kappa shape index (κ1) is 13.7. The summed E-state index contributed by atoms with van der Waals surface area (Å²) in [5.41, 5.74) is 5.52. The first-order valence-corrected chi connectivity index (χ1v) is 6.14. The van der Waals surface area contributed by atoms with Crippen molar-refractivity contribution in [3.05, 3.63) is 11.6 Å². The predicted octanol–water partition coefficient (Wildman–Crippen LogP) is 3.01. The summed E-state index contributed by atoms with van der Waals surface area (Å²) < 4.78 is -1.66. The van der Waals surface area contributed by atoms with Crippen molar-refractivity contribution in [2.45, 2.75) is 36.4 Å². The molecule has 0 saturated carbocycles. The molecule has 0 fully saturated rings. The molecule has 0 aromatic carbocycles. The number of halogens is 3. The van der Waals surface area contributed by atoms with Crippen LogP contribution in [0.15, 0.2) is 0 Å². The van der Waals surface area contributed by atoms with Gasteiger partial charge >= 0.3 is 0 Å². The Kier molecular flexibility index (Phi) is 5.02. The minimum Gasteiger partial charge on any atom is -0.368 e. The molecule has 0 amide bonds. The van der Waals surface area contributed by atoms with Gasteiger partial charge in [-0.2, -0.15) is 9.97 Å². The van der Waals surface area contributed by atoms with Crippen LogP contribution >= 0.6 is 34.8 Å². The summed E-state index contributed by atoms with van der Waals surface area (Å²) in [6, 6.07) is 0. The number of unbranched alkanes of at least 4 members (excludes halogenated alkanes) is 2. The summed E-state index contributed by atoms with van der Waals surface area (Å²) in [4.78, 5) is 11.9. The molecule has 16 heavy (non-hydrogen) atoms. The van der Waals surface area contributed by atoms with Gasteiger partial charge in [-0.3, -0.25) is 0 Å². The van der Waals surface area contributed by atoms with Gasteiger partial charge in [0, 0.05) is 6.42 Å². The van der Waals surface area contributed by atoms with E-state index in [9.17, 15) is 0 Å². The number of nitrogens with two attached hydrogens (primary N) is 1. The van der Waals surface area contributed by atoms with E-state index >= 15 is 0 Å². The van der Waals surface area contributed by atoms with Crippen molar-refractivity contribution in [2.75, 3.05) is 5.73 Å². The SMILES string of the molecule is CCCCCc1nc(N)nc(C(Cl)(Cl)Cl)n1. The number of aromatic nitrogens is 3. The van der Waals surface area contributed by atoms with Crippen LogP contribution in [0.3, 0.4) is 0 Å². The van der Waals surface area contributed by atoms with Crippen LogP contribution < -0.4 is 5.73 Å². The fourth-order valence-corrected chi connectivity index (χ4v) is 1.46. The van der Waals surface area contributed by atoms with E-state index in [1.54, 1.807) is 0 Å². The average molecular weight is 284 g/mol. The molecule has 1 aromatic rings. The molecule has 0 aliphatic carbocycles. The Labute approximate surface area is 110 Å². The van der Waals surface area contributed by atoms with Crippen LogP contribution in [0.1, 0.15) is 37.8 Å². The summed E-state index contributed by atoms with van der Waals surface area (Å²) in [5, 5.41) is 0. The first-order chi connectivity index (χ1) is 7.43. The number of hydrogen-bond donors (Lipinski definition) is 1. The van der Waals surface area contributed by atoms with Gasteiger partial charge < -0.3 is 5.73 Å². The van der Waals surface area contributed by atoms with Gasteiger partial charge in [-0.25, -0.2) is 4.98 Å². The van der Waals surface area contributed by atoms with Crippen LogP contribution in [0.4, 0.5) is 5.95 Å². The molecule has 2 N–H and O–H groups in total. The minimum atomic E-state index is -1.66. The van der Waals surface area contributed by atoms with Crippen LogP contribution in [0.25, 0.3) is 0 Å². The molecule has 0 spiro atoms. The number of alkyl halides is 3. The molecular weight excluding hydrogens is 270 g/mol. The smallest absolute Gasteiger partial charge is 0.250 e. The van der Waals surface area contributed by atoms with E-state index in [1.807, 2.05) is 0 Å². The fraction of sp³-hybridized carbons (Fsp3) is 0.667. The Morgan fingerprint density at radius 2 is 1.81 bits per heavy atom. The fourth-order valence-electron chi connectivity index (χ4n) is 1.21. The van der Waals surface area contributed by atoms with Crippen molar-refractivity contribution >= 4 is 40.8 Å². The molecule has 0 atom stereocenters. The van der Waals surface area contributed by atoms with E-state index in [0.717, 1.165) is 19.3 Å². The summed E-state index contributed by atoms with van der Waals surface area (Å²) in [7, 11) is 0. The summed E-state index contributed by atoms with van der Waals surface area (Å²) in [5.74, 6) is 0.738. The monoisotopic (exact) mass is 282 g/mol. The third-order valence-electron chi connectivity index (χ3n) is 1.96. The predicted molar refractivity (Wildman–Crippen MR) is 66.7 cm³/mol. The highest BCUT2D eigenvalue weighted by Gasteiger charge is 2.27. The number of rotatable bonds is 4. The Bertz CT molecular complexity index is 351. The minimum absolute atomic E-state index is 0.0801. The van der Waals surface area contributed by atoms with Gasteiger partial charge in [0.05, 0.1) is 0 Å². The number of nitrogen functional groups attached to an aromatic ring is 1. The van der Waals surface area contributed by atoms with E-state index in [-0.39, 0.29) is 11.8 Å². The molecule has 0 aliphatic rings. The van der Waals surface area contributed by atoms with Crippen molar-refractivity contribution in [3.8, 4) is 0 Å². The maximum absolute atomic E-state index is 5.69. The maximum Gasteiger partial charge on any atom is 0.250 e. The van der Waals surface area contributed by atoms with Crippen molar-refractivity contribution in [2.24, 2.45) is 0 Å². The van der Waals surface area contributed by atoms with Gasteiger partial charge in [-0.15, -0.1) is 0 Å². The van der Waals surface area contributed by atoms with E-state index < -0.39 is 3.79 Å². The van der Waals surface area contributed by atoms with Gasteiger partial charge in [0.2, 0.25) is 9.74 Å². The zero-order valence-electron chi connectivity index (χ0n) is 8.88. The molecule has 0 bridgehead atoms. The molecule has 1 aromatic heterocycles. The van der Waals surface area contributed by atoms with Crippen molar-refractivity contribution in [1.82, 2.24) is 15.0 Å². The normalized spacial score (nSPS) is 11.8. The average Bonchev–Trinajstić information content (AvgIpc) is 2.16. The molecule has 4 nitrogen and oxygen atoms in total.